The quantitative estimate of drug-likeness (QED) is 0.247. The molecule has 1 spiro atoms. The highest BCUT2D eigenvalue weighted by molar-refractivity contribution is 8.02. The third kappa shape index (κ3) is 4.68. The number of ether oxygens (including phenoxy) is 1. The van der Waals surface area contributed by atoms with Crippen molar-refractivity contribution in [3.8, 4) is 0 Å². The number of anilines is 1. The molecule has 3 saturated heterocycles. The molecule has 0 aromatic heterocycles. The number of nitrogens with zero attached hydrogens (tertiary/aromatic N) is 2. The van der Waals surface area contributed by atoms with Crippen molar-refractivity contribution < 1.29 is 24.2 Å². The average Bonchev–Trinajstić information content (AvgIpc) is 3.50. The molecule has 196 valence electrons. The van der Waals surface area contributed by atoms with Crippen LogP contribution in [0.1, 0.15) is 45.4 Å². The van der Waals surface area contributed by atoms with Crippen LogP contribution in [-0.2, 0) is 19.1 Å². The standard InChI is InChI=1S/C27H35ClN2O5S/c1-3-15-29(19-12-8-7-11-18(19)28)25(33)23-27-14-13-20(36-27)21(26(34)35-4-2)22(27)24(32)30(23)16-9-5-6-10-17-31/h3,7-8,11-12,20-23,31H,1,4-6,9-10,13-17H2,2H3/t20-,21+,22-,23?,27?/m0/s1. The molecule has 3 aliphatic heterocycles. The van der Waals surface area contributed by atoms with Gasteiger partial charge < -0.3 is 19.6 Å². The van der Waals surface area contributed by atoms with Gasteiger partial charge in [-0.3, -0.25) is 14.4 Å². The number of hydrogen-bond donors (Lipinski definition) is 1. The number of fused-ring (bicyclic) bond motifs is 1. The molecule has 3 aliphatic rings. The van der Waals surface area contributed by atoms with E-state index in [4.69, 9.17) is 21.4 Å². The molecule has 1 aromatic carbocycles. The molecule has 7 nitrogen and oxygen atoms in total. The van der Waals surface area contributed by atoms with Crippen LogP contribution in [0, 0.1) is 11.8 Å². The zero-order valence-electron chi connectivity index (χ0n) is 20.7. The third-order valence-electron chi connectivity index (χ3n) is 7.62. The number of hydrogen-bond acceptors (Lipinski definition) is 6. The average molecular weight is 535 g/mol. The number of aliphatic hydroxyl groups excluding tert-OH is 1. The van der Waals surface area contributed by atoms with E-state index in [1.54, 1.807) is 46.7 Å². The van der Waals surface area contributed by atoms with Gasteiger partial charge in [-0.25, -0.2) is 0 Å². The second kappa shape index (κ2) is 11.6. The molecule has 0 saturated carbocycles. The molecule has 4 rings (SSSR count). The van der Waals surface area contributed by atoms with Crippen molar-refractivity contribution in [3.63, 3.8) is 0 Å². The number of thioether (sulfide) groups is 1. The lowest BCUT2D eigenvalue weighted by Crippen LogP contribution is -2.55. The van der Waals surface area contributed by atoms with E-state index in [1.165, 1.54) is 0 Å². The van der Waals surface area contributed by atoms with Crippen LogP contribution in [0.3, 0.4) is 0 Å². The first kappa shape index (κ1) is 27.0. The molecule has 3 heterocycles. The number of carbonyl (C=O) groups is 3. The summed E-state index contributed by atoms with van der Waals surface area (Å²) < 4.78 is 4.72. The Hall–Kier alpha value is -2.03. The lowest BCUT2D eigenvalue weighted by Gasteiger charge is -2.37. The number of benzene rings is 1. The van der Waals surface area contributed by atoms with Crippen LogP contribution >= 0.6 is 23.4 Å². The Labute approximate surface area is 222 Å². The molecule has 2 bridgehead atoms. The maximum absolute atomic E-state index is 14.4. The van der Waals surface area contributed by atoms with Gasteiger partial charge in [0, 0.05) is 24.9 Å². The van der Waals surface area contributed by atoms with Crippen molar-refractivity contribution in [3.05, 3.63) is 41.9 Å². The number of aliphatic hydroxyl groups is 1. The minimum Gasteiger partial charge on any atom is -0.466 e. The van der Waals surface area contributed by atoms with Gasteiger partial charge in [0.15, 0.2) is 0 Å². The van der Waals surface area contributed by atoms with Crippen LogP contribution in [0.4, 0.5) is 5.69 Å². The summed E-state index contributed by atoms with van der Waals surface area (Å²) in [6, 6.07) is 6.49. The van der Waals surface area contributed by atoms with Gasteiger partial charge in [0.05, 0.1) is 33.9 Å². The summed E-state index contributed by atoms with van der Waals surface area (Å²) in [5.74, 6) is -1.74. The summed E-state index contributed by atoms with van der Waals surface area (Å²) in [5, 5.41) is 9.53. The summed E-state index contributed by atoms with van der Waals surface area (Å²) in [7, 11) is 0. The maximum atomic E-state index is 14.4. The molecule has 2 amide bonds. The topological polar surface area (TPSA) is 87.2 Å². The Bertz CT molecular complexity index is 1010. The molecular formula is C27H35ClN2O5S. The van der Waals surface area contributed by atoms with Gasteiger partial charge >= 0.3 is 5.97 Å². The first-order valence-electron chi connectivity index (χ1n) is 12.8. The van der Waals surface area contributed by atoms with Crippen LogP contribution in [0.25, 0.3) is 0 Å². The fraction of sp³-hybridized carbons (Fsp3) is 0.593. The zero-order chi connectivity index (χ0) is 25.9. The Morgan fingerprint density at radius 2 is 2.06 bits per heavy atom. The highest BCUT2D eigenvalue weighted by atomic mass is 35.5. The largest absolute Gasteiger partial charge is 0.466 e. The fourth-order valence-electron chi connectivity index (χ4n) is 6.18. The summed E-state index contributed by atoms with van der Waals surface area (Å²) in [6.07, 6.45) is 6.29. The zero-order valence-corrected chi connectivity index (χ0v) is 22.3. The lowest BCUT2D eigenvalue weighted by atomic mass is 9.71. The molecule has 0 radical (unpaired) electrons. The van der Waals surface area contributed by atoms with Crippen LogP contribution in [0.5, 0.6) is 0 Å². The summed E-state index contributed by atoms with van der Waals surface area (Å²) in [4.78, 5) is 44.7. The van der Waals surface area contributed by atoms with Crippen LogP contribution in [-0.4, -0.2) is 70.1 Å². The van der Waals surface area contributed by atoms with Crippen molar-refractivity contribution in [2.75, 3.05) is 31.2 Å². The van der Waals surface area contributed by atoms with Crippen molar-refractivity contribution in [2.24, 2.45) is 11.8 Å². The van der Waals surface area contributed by atoms with E-state index in [9.17, 15) is 14.4 Å². The number of rotatable bonds is 12. The highest BCUT2D eigenvalue weighted by Crippen LogP contribution is 2.66. The number of para-hydroxylation sites is 1. The van der Waals surface area contributed by atoms with Gasteiger partial charge in [-0.05, 0) is 44.7 Å². The minimum absolute atomic E-state index is 0.0202. The Balaban J connectivity index is 1.71. The number of carbonyl (C=O) groups excluding carboxylic acids is 3. The fourth-order valence-corrected chi connectivity index (χ4v) is 8.62. The van der Waals surface area contributed by atoms with E-state index in [-0.39, 0.29) is 42.8 Å². The van der Waals surface area contributed by atoms with Gasteiger partial charge in [0.2, 0.25) is 5.91 Å². The minimum atomic E-state index is -0.696. The molecule has 1 aromatic rings. The second-order valence-corrected chi connectivity index (χ2v) is 11.7. The maximum Gasteiger partial charge on any atom is 0.310 e. The molecule has 5 atom stereocenters. The third-order valence-corrected chi connectivity index (χ3v) is 9.89. The van der Waals surface area contributed by atoms with E-state index >= 15 is 0 Å². The second-order valence-electron chi connectivity index (χ2n) is 9.67. The van der Waals surface area contributed by atoms with Gasteiger partial charge in [-0.15, -0.1) is 18.3 Å². The molecule has 2 unspecified atom stereocenters. The van der Waals surface area contributed by atoms with E-state index in [2.05, 4.69) is 6.58 Å². The first-order chi connectivity index (χ1) is 17.4. The number of amides is 2. The SMILES string of the molecule is C=CCN(C(=O)C1N(CCCCCCO)C(=O)[C@@H]2[C@H](C(=O)OCC)[C@@H]3CCC12S3)c1ccccc1Cl. The monoisotopic (exact) mass is 534 g/mol. The van der Waals surface area contributed by atoms with Gasteiger partial charge in [0.25, 0.3) is 5.91 Å². The number of likely N-dealkylation sites (tertiary alicyclic amines) is 1. The van der Waals surface area contributed by atoms with Crippen LogP contribution < -0.4 is 4.90 Å². The lowest BCUT2D eigenvalue weighted by molar-refractivity contribution is -0.153. The van der Waals surface area contributed by atoms with Gasteiger partial charge in [-0.2, -0.15) is 0 Å². The van der Waals surface area contributed by atoms with Crippen molar-refractivity contribution in [2.45, 2.75) is 61.5 Å². The molecule has 0 aliphatic carbocycles. The predicted octanol–water partition coefficient (Wildman–Crippen LogP) is 4.07. The Morgan fingerprint density at radius 3 is 2.75 bits per heavy atom. The summed E-state index contributed by atoms with van der Waals surface area (Å²) >= 11 is 8.13. The van der Waals surface area contributed by atoms with Crippen molar-refractivity contribution >= 4 is 46.8 Å². The van der Waals surface area contributed by atoms with Gasteiger partial charge in [-0.1, -0.05) is 42.7 Å². The summed E-state index contributed by atoms with van der Waals surface area (Å²) in [6.45, 7) is 6.71. The van der Waals surface area contributed by atoms with E-state index in [1.807, 2.05) is 12.1 Å². The molecule has 1 N–H and O–H groups in total. The molecular weight excluding hydrogens is 500 g/mol. The first-order valence-corrected chi connectivity index (χ1v) is 14.1. The molecule has 3 fully saturated rings. The number of unbranched alkanes of at least 4 members (excludes halogenated alkanes) is 3. The molecule has 36 heavy (non-hydrogen) atoms. The number of esters is 1. The van der Waals surface area contributed by atoms with E-state index in [0.29, 0.717) is 30.1 Å². The normalized spacial score (nSPS) is 28.3. The molecule has 9 heteroatoms. The Morgan fingerprint density at radius 1 is 1.31 bits per heavy atom. The van der Waals surface area contributed by atoms with Crippen molar-refractivity contribution in [1.82, 2.24) is 4.90 Å². The van der Waals surface area contributed by atoms with Gasteiger partial charge in [0.1, 0.15) is 6.04 Å². The Kier molecular flexibility index (Phi) is 8.68. The number of halogens is 1. The van der Waals surface area contributed by atoms with Crippen LogP contribution in [0.15, 0.2) is 36.9 Å². The van der Waals surface area contributed by atoms with E-state index < -0.39 is 22.6 Å². The van der Waals surface area contributed by atoms with E-state index in [0.717, 1.165) is 25.7 Å². The van der Waals surface area contributed by atoms with Crippen molar-refractivity contribution in [1.29, 1.82) is 0 Å². The smallest absolute Gasteiger partial charge is 0.310 e. The van der Waals surface area contributed by atoms with Crippen LogP contribution in [0.2, 0.25) is 5.02 Å². The predicted molar refractivity (Wildman–Crippen MR) is 142 cm³/mol. The summed E-state index contributed by atoms with van der Waals surface area (Å²) in [5.41, 5.74) is 0.582. The highest BCUT2D eigenvalue weighted by Gasteiger charge is 2.74.